The third kappa shape index (κ3) is 1.82. The van der Waals surface area contributed by atoms with Crippen molar-refractivity contribution in [1.29, 1.82) is 0 Å². The van der Waals surface area contributed by atoms with Crippen LogP contribution in [0.15, 0.2) is 24.3 Å². The first-order valence-electron chi connectivity index (χ1n) is 2.40. The van der Waals surface area contributed by atoms with Crippen LogP contribution in [0.3, 0.4) is 0 Å². The van der Waals surface area contributed by atoms with Crippen LogP contribution in [0, 0.1) is 6.07 Å². The Morgan fingerprint density at radius 3 is 3.00 bits per heavy atom. The van der Waals surface area contributed by atoms with Crippen molar-refractivity contribution in [3.63, 3.8) is 0 Å². The van der Waals surface area contributed by atoms with Crippen LogP contribution in [0.25, 0.3) is 0 Å². The summed E-state index contributed by atoms with van der Waals surface area (Å²) in [6.07, 6.45) is 0. The zero-order chi connectivity index (χ0) is 6.53. The minimum absolute atomic E-state index is 0.336. The predicted octanol–water partition coefficient (Wildman–Crippen LogP) is 2.07. The van der Waals surface area contributed by atoms with Gasteiger partial charge in [-0.05, 0) is 6.07 Å². The molecule has 1 radical (unpaired) electrons. The second-order valence-corrected chi connectivity index (χ2v) is 1.72. The van der Waals surface area contributed by atoms with E-state index in [1.807, 2.05) is 6.07 Å². The summed E-state index contributed by atoms with van der Waals surface area (Å²) >= 11 is 0. The van der Waals surface area contributed by atoms with Gasteiger partial charge in [0.1, 0.15) is 5.75 Å². The molecule has 0 unspecified atom stereocenters. The molecule has 0 bridgehead atoms. The monoisotopic (exact) mass is 139 g/mol. The fourth-order valence-corrected chi connectivity index (χ4v) is 0.668. The predicted molar refractivity (Wildman–Crippen MR) is 33.5 cm³/mol. The molecule has 0 atom stereocenters. The molecule has 0 saturated carbocycles. The Kier molecular flexibility index (Phi) is 2.22. The van der Waals surface area contributed by atoms with Gasteiger partial charge >= 0.3 is 8.69 Å². The van der Waals surface area contributed by atoms with E-state index < -0.39 is 0 Å². The Hall–Kier alpha value is -0.880. The Labute approximate surface area is 54.8 Å². The van der Waals surface area contributed by atoms with E-state index in [0.717, 1.165) is 0 Å². The van der Waals surface area contributed by atoms with Crippen molar-refractivity contribution in [2.75, 3.05) is 0 Å². The molecule has 0 aliphatic heterocycles. The van der Waals surface area contributed by atoms with E-state index in [2.05, 4.69) is 10.6 Å². The molecule has 0 aromatic heterocycles. The van der Waals surface area contributed by atoms with Gasteiger partial charge < -0.3 is 4.52 Å². The van der Waals surface area contributed by atoms with Gasteiger partial charge in [0.2, 0.25) is 0 Å². The van der Waals surface area contributed by atoms with Crippen molar-refractivity contribution in [2.45, 2.75) is 0 Å². The summed E-state index contributed by atoms with van der Waals surface area (Å²) in [4.78, 5) is 0. The molecule has 3 heteroatoms. The van der Waals surface area contributed by atoms with Crippen LogP contribution < -0.4 is 4.52 Å². The first kappa shape index (κ1) is 6.24. The summed E-state index contributed by atoms with van der Waals surface area (Å²) in [6, 6.07) is 9.72. The normalized spacial score (nSPS) is 9.33. The highest BCUT2D eigenvalue weighted by molar-refractivity contribution is 7.17. The van der Waals surface area contributed by atoms with E-state index in [1.54, 1.807) is 18.2 Å². The van der Waals surface area contributed by atoms with Gasteiger partial charge in [0.15, 0.2) is 0 Å². The maximum atomic E-state index is 9.83. The van der Waals surface area contributed by atoms with Crippen LogP contribution in [0.2, 0.25) is 0 Å². The number of hydrogen-bond donors (Lipinski definition) is 0. The maximum Gasteiger partial charge on any atom is 0.395 e. The highest BCUT2D eigenvalue weighted by atomic mass is 31.1. The van der Waals surface area contributed by atoms with Crippen molar-refractivity contribution in [2.24, 2.45) is 0 Å². The summed E-state index contributed by atoms with van der Waals surface area (Å²) in [5.41, 5.74) is 0. The van der Waals surface area contributed by atoms with Gasteiger partial charge in [-0.15, -0.1) is 0 Å². The molecule has 0 saturated heterocycles. The van der Waals surface area contributed by atoms with Crippen LogP contribution in [-0.4, -0.2) is 0 Å². The molecule has 1 rings (SSSR count). The lowest BCUT2D eigenvalue weighted by Gasteiger charge is -1.89. The smallest absolute Gasteiger partial charge is 0.395 e. The van der Waals surface area contributed by atoms with Crippen LogP contribution >= 0.6 is 8.69 Å². The Balaban J connectivity index is 2.72. The van der Waals surface area contributed by atoms with Gasteiger partial charge in [-0.2, -0.15) is 0 Å². The number of hydrogen-bond acceptors (Lipinski definition) is 2. The molecular formula is C6H4O2P. The Morgan fingerprint density at radius 2 is 2.44 bits per heavy atom. The van der Waals surface area contributed by atoms with Gasteiger partial charge in [0.05, 0.1) is 0 Å². The lowest BCUT2D eigenvalue weighted by molar-refractivity contribution is 0.524. The first-order valence-corrected chi connectivity index (χ1v) is 3.13. The summed E-state index contributed by atoms with van der Waals surface area (Å²) in [5.74, 6) is 0.495. The SMILES string of the molecule is O=POc1[c]cccc1. The topological polar surface area (TPSA) is 26.3 Å². The molecule has 9 heavy (non-hydrogen) atoms. The minimum atomic E-state index is -0.336. The molecule has 45 valence electrons. The van der Waals surface area contributed by atoms with Crippen molar-refractivity contribution >= 4 is 8.69 Å². The van der Waals surface area contributed by atoms with Crippen LogP contribution in [0.1, 0.15) is 0 Å². The first-order chi connectivity index (χ1) is 4.43. The molecule has 0 spiro atoms. The van der Waals surface area contributed by atoms with E-state index in [9.17, 15) is 4.57 Å². The van der Waals surface area contributed by atoms with Crippen molar-refractivity contribution in [1.82, 2.24) is 0 Å². The number of rotatable bonds is 2. The quantitative estimate of drug-likeness (QED) is 0.586. The standard InChI is InChI=1S/C6H4O2P/c7-9-8-6-4-2-1-3-5-6/h1-4H. The summed E-state index contributed by atoms with van der Waals surface area (Å²) in [7, 11) is -0.336. The lowest BCUT2D eigenvalue weighted by atomic mass is 10.3. The summed E-state index contributed by atoms with van der Waals surface area (Å²) < 4.78 is 14.4. The van der Waals surface area contributed by atoms with Crippen molar-refractivity contribution in [3.05, 3.63) is 30.3 Å². The molecule has 0 N–H and O–H groups in total. The number of benzene rings is 1. The fraction of sp³-hybridized carbons (Fsp3) is 0. The second-order valence-electron chi connectivity index (χ2n) is 1.39. The van der Waals surface area contributed by atoms with E-state index in [-0.39, 0.29) is 8.69 Å². The average Bonchev–Trinajstić information content (AvgIpc) is 1.91. The van der Waals surface area contributed by atoms with Crippen LogP contribution in [0.4, 0.5) is 0 Å². The Bertz CT molecular complexity index is 186. The van der Waals surface area contributed by atoms with Crippen molar-refractivity contribution < 1.29 is 9.09 Å². The Morgan fingerprint density at radius 1 is 1.56 bits per heavy atom. The lowest BCUT2D eigenvalue weighted by Crippen LogP contribution is -1.71. The maximum absolute atomic E-state index is 9.83. The fourth-order valence-electron chi connectivity index (χ4n) is 0.474. The zero-order valence-electron chi connectivity index (χ0n) is 4.57. The molecule has 1 aromatic rings. The molecule has 0 heterocycles. The van der Waals surface area contributed by atoms with Gasteiger partial charge in [0, 0.05) is 6.07 Å². The molecule has 0 aliphatic carbocycles. The third-order valence-corrected chi connectivity index (χ3v) is 1.09. The highest BCUT2D eigenvalue weighted by Crippen LogP contribution is 2.11. The minimum Gasteiger partial charge on any atom is -0.407 e. The second kappa shape index (κ2) is 3.21. The zero-order valence-corrected chi connectivity index (χ0v) is 5.47. The molecule has 1 aromatic carbocycles. The highest BCUT2D eigenvalue weighted by Gasteiger charge is 1.86. The van der Waals surface area contributed by atoms with Gasteiger partial charge in [-0.3, -0.25) is 0 Å². The van der Waals surface area contributed by atoms with Gasteiger partial charge in [-0.25, -0.2) is 4.57 Å². The van der Waals surface area contributed by atoms with Gasteiger partial charge in [-0.1, -0.05) is 18.2 Å². The largest absolute Gasteiger partial charge is 0.407 e. The summed E-state index contributed by atoms with van der Waals surface area (Å²) in [5, 5.41) is 0. The van der Waals surface area contributed by atoms with E-state index in [1.165, 1.54) is 0 Å². The molecule has 0 aliphatic rings. The van der Waals surface area contributed by atoms with Crippen LogP contribution in [-0.2, 0) is 4.57 Å². The van der Waals surface area contributed by atoms with E-state index in [4.69, 9.17) is 0 Å². The average molecular weight is 139 g/mol. The van der Waals surface area contributed by atoms with Gasteiger partial charge in [0.25, 0.3) is 0 Å². The van der Waals surface area contributed by atoms with Crippen molar-refractivity contribution in [3.8, 4) is 5.75 Å². The molecular weight excluding hydrogens is 135 g/mol. The molecule has 2 nitrogen and oxygen atoms in total. The third-order valence-electron chi connectivity index (χ3n) is 0.816. The van der Waals surface area contributed by atoms with Crippen LogP contribution in [0.5, 0.6) is 5.75 Å². The summed E-state index contributed by atoms with van der Waals surface area (Å²) in [6.45, 7) is 0. The van der Waals surface area contributed by atoms with E-state index >= 15 is 0 Å². The molecule has 0 fully saturated rings. The number of para-hydroxylation sites is 1. The molecule has 0 amide bonds. The van der Waals surface area contributed by atoms with E-state index in [0.29, 0.717) is 5.75 Å².